The van der Waals surface area contributed by atoms with Crippen molar-refractivity contribution in [3.8, 4) is 5.75 Å². The van der Waals surface area contributed by atoms with Crippen molar-refractivity contribution in [3.63, 3.8) is 0 Å². The number of rotatable bonds is 6. The second-order valence-electron chi connectivity index (χ2n) is 6.79. The smallest absolute Gasteiger partial charge is 0.228 e. The summed E-state index contributed by atoms with van der Waals surface area (Å²) in [6, 6.07) is 12.9. The molecule has 0 atom stereocenters. The average molecular weight is 363 g/mol. The Hall–Kier alpha value is -3.28. The number of H-pyrrole nitrogens is 1. The number of hydrogen-bond acceptors (Lipinski definition) is 3. The lowest BCUT2D eigenvalue weighted by atomic mass is 10.1. The van der Waals surface area contributed by atoms with Crippen molar-refractivity contribution in [1.29, 1.82) is 0 Å². The van der Waals surface area contributed by atoms with Gasteiger partial charge in [-0.2, -0.15) is 0 Å². The number of carbonyl (C=O) groups excluding carboxylic acids is 2. The van der Waals surface area contributed by atoms with Gasteiger partial charge >= 0.3 is 0 Å². The number of ether oxygens (including phenoxy) is 1. The Morgan fingerprint density at radius 1 is 1.11 bits per heavy atom. The van der Waals surface area contributed by atoms with Crippen molar-refractivity contribution in [1.82, 2.24) is 4.98 Å². The zero-order valence-corrected chi connectivity index (χ0v) is 15.0. The molecule has 3 aromatic rings. The molecule has 0 spiro atoms. The highest BCUT2D eigenvalue weighted by molar-refractivity contribution is 5.98. The maximum Gasteiger partial charge on any atom is 0.228 e. The Kier molecular flexibility index (Phi) is 4.54. The molecule has 1 fully saturated rings. The molecular weight excluding hydrogens is 342 g/mol. The minimum Gasteiger partial charge on any atom is -0.497 e. The number of aromatic amines is 1. The average Bonchev–Trinajstić information content (AvgIpc) is 3.45. The molecule has 138 valence electrons. The molecule has 4 rings (SSSR count). The number of fused-ring (bicyclic) bond motifs is 1. The van der Waals surface area contributed by atoms with E-state index in [-0.39, 0.29) is 24.2 Å². The summed E-state index contributed by atoms with van der Waals surface area (Å²) in [4.78, 5) is 27.5. The zero-order chi connectivity index (χ0) is 18.8. The Morgan fingerprint density at radius 2 is 1.89 bits per heavy atom. The molecule has 2 aromatic carbocycles. The van der Waals surface area contributed by atoms with Crippen LogP contribution in [0.2, 0.25) is 0 Å². The van der Waals surface area contributed by atoms with Gasteiger partial charge in [0, 0.05) is 34.4 Å². The van der Waals surface area contributed by atoms with E-state index in [4.69, 9.17) is 4.74 Å². The van der Waals surface area contributed by atoms with Crippen LogP contribution in [0.3, 0.4) is 0 Å². The van der Waals surface area contributed by atoms with Crippen molar-refractivity contribution in [2.75, 3.05) is 17.7 Å². The SMILES string of the molecule is COc1ccc2[nH]cc(CC(=O)Nc3cccc(NC(=O)C4CC4)c3)c2c1. The van der Waals surface area contributed by atoms with Crippen LogP contribution in [0, 0.1) is 5.92 Å². The third kappa shape index (κ3) is 3.95. The maximum atomic E-state index is 12.5. The first-order chi connectivity index (χ1) is 13.1. The van der Waals surface area contributed by atoms with Gasteiger partial charge in [0.25, 0.3) is 0 Å². The molecule has 1 heterocycles. The second-order valence-corrected chi connectivity index (χ2v) is 6.79. The summed E-state index contributed by atoms with van der Waals surface area (Å²) in [7, 11) is 1.62. The van der Waals surface area contributed by atoms with Gasteiger partial charge in [-0.05, 0) is 54.8 Å². The van der Waals surface area contributed by atoms with Crippen LogP contribution in [-0.2, 0) is 16.0 Å². The Bertz CT molecular complexity index is 1000. The van der Waals surface area contributed by atoms with E-state index < -0.39 is 0 Å². The molecule has 0 radical (unpaired) electrons. The highest BCUT2D eigenvalue weighted by Gasteiger charge is 2.29. The topological polar surface area (TPSA) is 83.2 Å². The first-order valence-electron chi connectivity index (χ1n) is 8.97. The monoisotopic (exact) mass is 363 g/mol. The molecule has 0 unspecified atom stereocenters. The fourth-order valence-corrected chi connectivity index (χ4v) is 3.07. The fraction of sp³-hybridized carbons (Fsp3) is 0.238. The highest BCUT2D eigenvalue weighted by Crippen LogP contribution is 2.30. The standard InChI is InChI=1S/C21H21N3O3/c1-27-17-7-8-19-18(11-17)14(12-22-19)9-20(25)23-15-3-2-4-16(10-15)24-21(26)13-5-6-13/h2-4,7-8,10-13,22H,5-6,9H2,1H3,(H,23,25)(H,24,26). The number of amides is 2. The predicted octanol–water partition coefficient (Wildman–Crippen LogP) is 3.71. The number of nitrogens with one attached hydrogen (secondary N) is 3. The molecule has 1 saturated carbocycles. The molecule has 1 aliphatic rings. The van der Waals surface area contributed by atoms with Crippen LogP contribution < -0.4 is 15.4 Å². The van der Waals surface area contributed by atoms with Gasteiger partial charge in [0.05, 0.1) is 13.5 Å². The first-order valence-corrected chi connectivity index (χ1v) is 8.97. The molecule has 6 nitrogen and oxygen atoms in total. The summed E-state index contributed by atoms with van der Waals surface area (Å²) in [5, 5.41) is 6.75. The second kappa shape index (κ2) is 7.15. The first kappa shape index (κ1) is 17.1. The summed E-state index contributed by atoms with van der Waals surface area (Å²) >= 11 is 0. The molecule has 27 heavy (non-hydrogen) atoms. The van der Waals surface area contributed by atoms with E-state index in [0.29, 0.717) is 11.4 Å². The predicted molar refractivity (Wildman–Crippen MR) is 105 cm³/mol. The van der Waals surface area contributed by atoms with Gasteiger partial charge < -0.3 is 20.4 Å². The minimum atomic E-state index is -0.121. The van der Waals surface area contributed by atoms with Crippen molar-refractivity contribution in [3.05, 3.63) is 54.2 Å². The van der Waals surface area contributed by atoms with E-state index in [1.54, 1.807) is 13.2 Å². The van der Waals surface area contributed by atoms with E-state index in [2.05, 4.69) is 15.6 Å². The lowest BCUT2D eigenvalue weighted by Crippen LogP contribution is -2.15. The Balaban J connectivity index is 1.44. The van der Waals surface area contributed by atoms with E-state index in [0.717, 1.165) is 35.1 Å². The quantitative estimate of drug-likeness (QED) is 0.624. The molecule has 3 N–H and O–H groups in total. The van der Waals surface area contributed by atoms with Crippen molar-refractivity contribution >= 4 is 34.1 Å². The molecule has 0 aliphatic heterocycles. The van der Waals surface area contributed by atoms with Crippen molar-refractivity contribution in [2.24, 2.45) is 5.92 Å². The van der Waals surface area contributed by atoms with Crippen LogP contribution in [0.4, 0.5) is 11.4 Å². The summed E-state index contributed by atoms with van der Waals surface area (Å²) in [5.74, 6) is 0.820. The third-order valence-corrected chi connectivity index (χ3v) is 4.69. The molecule has 1 aromatic heterocycles. The number of carbonyl (C=O) groups is 2. The summed E-state index contributed by atoms with van der Waals surface area (Å²) in [6.45, 7) is 0. The number of hydrogen-bond donors (Lipinski definition) is 3. The normalized spacial score (nSPS) is 13.4. The van der Waals surface area contributed by atoms with Crippen LogP contribution in [0.25, 0.3) is 10.9 Å². The van der Waals surface area contributed by atoms with Gasteiger partial charge in [-0.25, -0.2) is 0 Å². The largest absolute Gasteiger partial charge is 0.497 e. The maximum absolute atomic E-state index is 12.5. The number of anilines is 2. The lowest BCUT2D eigenvalue weighted by molar-refractivity contribution is -0.117. The fourth-order valence-electron chi connectivity index (χ4n) is 3.07. The van der Waals surface area contributed by atoms with Gasteiger partial charge in [0.1, 0.15) is 5.75 Å². The summed E-state index contributed by atoms with van der Waals surface area (Å²) in [5.41, 5.74) is 3.22. The van der Waals surface area contributed by atoms with Crippen LogP contribution in [-0.4, -0.2) is 23.9 Å². The number of methoxy groups -OCH3 is 1. The number of aromatic nitrogens is 1. The van der Waals surface area contributed by atoms with Gasteiger partial charge in [-0.3, -0.25) is 9.59 Å². The zero-order valence-electron chi connectivity index (χ0n) is 15.0. The molecule has 1 aliphatic carbocycles. The Morgan fingerprint density at radius 3 is 2.63 bits per heavy atom. The van der Waals surface area contributed by atoms with Crippen LogP contribution in [0.15, 0.2) is 48.7 Å². The lowest BCUT2D eigenvalue weighted by Gasteiger charge is -2.09. The minimum absolute atomic E-state index is 0.0474. The van der Waals surface area contributed by atoms with E-state index in [9.17, 15) is 9.59 Å². The molecule has 6 heteroatoms. The van der Waals surface area contributed by atoms with Gasteiger partial charge in [-0.15, -0.1) is 0 Å². The van der Waals surface area contributed by atoms with Crippen molar-refractivity contribution < 1.29 is 14.3 Å². The summed E-state index contributed by atoms with van der Waals surface area (Å²) in [6.07, 6.45) is 4.00. The third-order valence-electron chi connectivity index (χ3n) is 4.69. The molecular formula is C21H21N3O3. The van der Waals surface area contributed by atoms with Gasteiger partial charge in [-0.1, -0.05) is 6.07 Å². The Labute approximate surface area is 156 Å². The molecule has 0 saturated heterocycles. The highest BCUT2D eigenvalue weighted by atomic mass is 16.5. The molecule has 2 amide bonds. The molecule has 0 bridgehead atoms. The summed E-state index contributed by atoms with van der Waals surface area (Å²) < 4.78 is 5.26. The van der Waals surface area contributed by atoms with Crippen LogP contribution in [0.1, 0.15) is 18.4 Å². The van der Waals surface area contributed by atoms with Crippen LogP contribution >= 0.6 is 0 Å². The van der Waals surface area contributed by atoms with Crippen LogP contribution in [0.5, 0.6) is 5.75 Å². The van der Waals surface area contributed by atoms with E-state index in [1.165, 1.54) is 0 Å². The van der Waals surface area contributed by atoms with Gasteiger partial charge in [0.2, 0.25) is 11.8 Å². The van der Waals surface area contributed by atoms with E-state index in [1.807, 2.05) is 42.6 Å². The van der Waals surface area contributed by atoms with Gasteiger partial charge in [0.15, 0.2) is 0 Å². The van der Waals surface area contributed by atoms with Crippen molar-refractivity contribution in [2.45, 2.75) is 19.3 Å². The number of benzene rings is 2. The van der Waals surface area contributed by atoms with E-state index >= 15 is 0 Å².